The predicted molar refractivity (Wildman–Crippen MR) is 103 cm³/mol. The molecule has 0 aliphatic rings. The van der Waals surface area contributed by atoms with Crippen molar-refractivity contribution in [1.82, 2.24) is 0 Å². The number of hydrogen-bond donors (Lipinski definition) is 1. The van der Waals surface area contributed by atoms with E-state index in [0.717, 1.165) is 30.2 Å². The summed E-state index contributed by atoms with van der Waals surface area (Å²) in [5, 5.41) is 3.45. The Morgan fingerprint density at radius 3 is 2.08 bits per heavy atom. The number of ether oxygens (including phenoxy) is 2. The summed E-state index contributed by atoms with van der Waals surface area (Å²) in [5.74, 6) is 1.72. The zero-order valence-electron chi connectivity index (χ0n) is 14.2. The Hall–Kier alpha value is -2.94. The lowest BCUT2D eigenvalue weighted by atomic mass is 10.1. The highest BCUT2D eigenvalue weighted by molar-refractivity contribution is 5.56. The molecule has 3 aromatic carbocycles. The minimum absolute atomic E-state index is 0.506. The Balaban J connectivity index is 1.45. The molecule has 0 unspecified atom stereocenters. The van der Waals surface area contributed by atoms with E-state index >= 15 is 0 Å². The summed E-state index contributed by atoms with van der Waals surface area (Å²) in [6.07, 6.45) is 0.978. The van der Waals surface area contributed by atoms with E-state index in [-0.39, 0.29) is 0 Å². The van der Waals surface area contributed by atoms with Crippen LogP contribution in [0.4, 0.5) is 5.69 Å². The first-order chi connectivity index (χ1) is 12.4. The molecule has 0 radical (unpaired) electrons. The van der Waals surface area contributed by atoms with Crippen LogP contribution in [-0.4, -0.2) is 19.8 Å². The van der Waals surface area contributed by atoms with Crippen LogP contribution in [0, 0.1) is 0 Å². The smallest absolute Gasteiger partial charge is 0.142 e. The fourth-order valence-electron chi connectivity index (χ4n) is 2.55. The molecule has 0 fully saturated rings. The Kier molecular flexibility index (Phi) is 6.34. The van der Waals surface area contributed by atoms with Crippen molar-refractivity contribution in [3.8, 4) is 11.5 Å². The molecule has 0 heterocycles. The lowest BCUT2D eigenvalue weighted by molar-refractivity contribution is 0.218. The van der Waals surface area contributed by atoms with E-state index in [1.54, 1.807) is 0 Å². The molecule has 0 saturated heterocycles. The van der Waals surface area contributed by atoms with Gasteiger partial charge in [-0.25, -0.2) is 0 Å². The summed E-state index contributed by atoms with van der Waals surface area (Å²) in [7, 11) is 0. The number of rotatable bonds is 9. The lowest BCUT2D eigenvalue weighted by Gasteiger charge is -2.13. The Labute approximate surface area is 149 Å². The van der Waals surface area contributed by atoms with E-state index in [4.69, 9.17) is 9.47 Å². The van der Waals surface area contributed by atoms with Crippen LogP contribution < -0.4 is 14.8 Å². The van der Waals surface area contributed by atoms with Crippen LogP contribution in [0.3, 0.4) is 0 Å². The molecule has 0 atom stereocenters. The molecule has 1 N–H and O–H groups in total. The Bertz CT molecular complexity index is 744. The Morgan fingerprint density at radius 2 is 1.28 bits per heavy atom. The van der Waals surface area contributed by atoms with Crippen molar-refractivity contribution in [3.63, 3.8) is 0 Å². The van der Waals surface area contributed by atoms with Crippen LogP contribution in [-0.2, 0) is 6.42 Å². The van der Waals surface area contributed by atoms with Crippen LogP contribution in [0.1, 0.15) is 5.56 Å². The molecule has 0 aromatic heterocycles. The molecule has 0 aliphatic carbocycles. The summed E-state index contributed by atoms with van der Waals surface area (Å²) < 4.78 is 11.5. The molecule has 128 valence electrons. The van der Waals surface area contributed by atoms with Crippen molar-refractivity contribution >= 4 is 5.69 Å². The zero-order chi connectivity index (χ0) is 17.2. The van der Waals surface area contributed by atoms with Gasteiger partial charge in [0.05, 0.1) is 5.69 Å². The van der Waals surface area contributed by atoms with Gasteiger partial charge in [-0.05, 0) is 36.2 Å². The van der Waals surface area contributed by atoms with Crippen molar-refractivity contribution in [1.29, 1.82) is 0 Å². The lowest BCUT2D eigenvalue weighted by Crippen LogP contribution is -2.11. The Morgan fingerprint density at radius 1 is 0.640 bits per heavy atom. The molecule has 0 saturated carbocycles. The number of hydrogen-bond acceptors (Lipinski definition) is 3. The molecule has 3 rings (SSSR count). The molecule has 0 bridgehead atoms. The minimum Gasteiger partial charge on any atom is -0.490 e. The van der Waals surface area contributed by atoms with Gasteiger partial charge in [-0.1, -0.05) is 60.7 Å². The average molecular weight is 333 g/mol. The second kappa shape index (κ2) is 9.38. The van der Waals surface area contributed by atoms with E-state index < -0.39 is 0 Å². The van der Waals surface area contributed by atoms with Crippen LogP contribution in [0.2, 0.25) is 0 Å². The van der Waals surface area contributed by atoms with Gasteiger partial charge in [-0.2, -0.15) is 0 Å². The van der Waals surface area contributed by atoms with Gasteiger partial charge in [0.2, 0.25) is 0 Å². The van der Waals surface area contributed by atoms with E-state index in [9.17, 15) is 0 Å². The van der Waals surface area contributed by atoms with Crippen LogP contribution in [0.15, 0.2) is 84.9 Å². The predicted octanol–water partition coefficient (Wildman–Crippen LogP) is 4.80. The molecule has 25 heavy (non-hydrogen) atoms. The highest BCUT2D eigenvalue weighted by Gasteiger charge is 2.03. The molecule has 3 heteroatoms. The van der Waals surface area contributed by atoms with Crippen molar-refractivity contribution < 1.29 is 9.47 Å². The van der Waals surface area contributed by atoms with Crippen LogP contribution >= 0.6 is 0 Å². The average Bonchev–Trinajstić information content (AvgIpc) is 2.68. The summed E-state index contributed by atoms with van der Waals surface area (Å²) in [6, 6.07) is 28.3. The molecular weight excluding hydrogens is 310 g/mol. The first-order valence-electron chi connectivity index (χ1n) is 8.59. The summed E-state index contributed by atoms with van der Waals surface area (Å²) >= 11 is 0. The third-order valence-electron chi connectivity index (χ3n) is 3.81. The van der Waals surface area contributed by atoms with Gasteiger partial charge in [0.1, 0.15) is 24.7 Å². The maximum Gasteiger partial charge on any atom is 0.142 e. The third-order valence-corrected chi connectivity index (χ3v) is 3.81. The molecule has 0 amide bonds. The number of anilines is 1. The van der Waals surface area contributed by atoms with E-state index in [2.05, 4.69) is 29.6 Å². The van der Waals surface area contributed by atoms with Gasteiger partial charge in [0, 0.05) is 6.54 Å². The normalized spacial score (nSPS) is 10.2. The molecular formula is C22H23NO2. The standard InChI is InChI=1S/C22H23NO2/c1-3-9-19(10-4-1)15-16-23-21-13-7-8-14-22(21)25-18-17-24-20-11-5-2-6-12-20/h1-14,23H,15-18H2. The van der Waals surface area contributed by atoms with Crippen molar-refractivity contribution in [2.75, 3.05) is 25.1 Å². The molecule has 0 spiro atoms. The van der Waals surface area contributed by atoms with Crippen molar-refractivity contribution in [2.45, 2.75) is 6.42 Å². The molecule has 0 aliphatic heterocycles. The second-order valence-corrected chi connectivity index (χ2v) is 5.67. The third kappa shape index (κ3) is 5.57. The topological polar surface area (TPSA) is 30.5 Å². The maximum atomic E-state index is 5.87. The van der Waals surface area contributed by atoms with Crippen LogP contribution in [0.5, 0.6) is 11.5 Å². The summed E-state index contributed by atoms with van der Waals surface area (Å²) in [5.41, 5.74) is 2.34. The second-order valence-electron chi connectivity index (χ2n) is 5.67. The number of nitrogens with one attached hydrogen (secondary N) is 1. The highest BCUT2D eigenvalue weighted by Crippen LogP contribution is 2.23. The highest BCUT2D eigenvalue weighted by atomic mass is 16.5. The number of benzene rings is 3. The molecule has 3 nitrogen and oxygen atoms in total. The fourth-order valence-corrected chi connectivity index (χ4v) is 2.55. The largest absolute Gasteiger partial charge is 0.490 e. The van der Waals surface area contributed by atoms with Gasteiger partial charge in [0.25, 0.3) is 0 Å². The minimum atomic E-state index is 0.506. The first kappa shape index (κ1) is 16.9. The number of para-hydroxylation sites is 3. The van der Waals surface area contributed by atoms with Gasteiger partial charge >= 0.3 is 0 Å². The van der Waals surface area contributed by atoms with E-state index in [1.807, 2.05) is 60.7 Å². The fraction of sp³-hybridized carbons (Fsp3) is 0.182. The van der Waals surface area contributed by atoms with Gasteiger partial charge in [-0.15, -0.1) is 0 Å². The van der Waals surface area contributed by atoms with E-state index in [0.29, 0.717) is 13.2 Å². The van der Waals surface area contributed by atoms with Gasteiger partial charge in [0.15, 0.2) is 0 Å². The zero-order valence-corrected chi connectivity index (χ0v) is 14.2. The van der Waals surface area contributed by atoms with Crippen LogP contribution in [0.25, 0.3) is 0 Å². The maximum absolute atomic E-state index is 5.87. The van der Waals surface area contributed by atoms with Gasteiger partial charge < -0.3 is 14.8 Å². The van der Waals surface area contributed by atoms with Crippen molar-refractivity contribution in [2.24, 2.45) is 0 Å². The quantitative estimate of drug-likeness (QED) is 0.571. The summed E-state index contributed by atoms with van der Waals surface area (Å²) in [4.78, 5) is 0. The molecule has 3 aromatic rings. The summed E-state index contributed by atoms with van der Waals surface area (Å²) in [6.45, 7) is 1.89. The van der Waals surface area contributed by atoms with Gasteiger partial charge in [-0.3, -0.25) is 0 Å². The first-order valence-corrected chi connectivity index (χ1v) is 8.59. The van der Waals surface area contributed by atoms with Crippen molar-refractivity contribution in [3.05, 3.63) is 90.5 Å². The SMILES string of the molecule is c1ccc(CCNc2ccccc2OCCOc2ccccc2)cc1. The monoisotopic (exact) mass is 333 g/mol. The van der Waals surface area contributed by atoms with E-state index in [1.165, 1.54) is 5.56 Å².